The lowest BCUT2D eigenvalue weighted by Gasteiger charge is -1.96. The molecule has 0 bridgehead atoms. The van der Waals surface area contributed by atoms with Gasteiger partial charge in [-0.1, -0.05) is 0 Å². The molecule has 1 aliphatic rings. The average molecular weight is 189 g/mol. The van der Waals surface area contributed by atoms with Gasteiger partial charge in [-0.3, -0.25) is 0 Å². The number of rotatable bonds is 1. The van der Waals surface area contributed by atoms with E-state index in [0.717, 1.165) is 11.6 Å². The molecule has 2 aromatic rings. The first kappa shape index (κ1) is 7.39. The molecule has 3 rings (SSSR count). The highest BCUT2D eigenvalue weighted by Crippen LogP contribution is 2.45. The molecule has 13 heavy (non-hydrogen) atoms. The molecule has 1 saturated carbocycles. The van der Waals surface area contributed by atoms with Gasteiger partial charge in [0.2, 0.25) is 0 Å². The fourth-order valence-electron chi connectivity index (χ4n) is 1.78. The van der Waals surface area contributed by atoms with Crippen molar-refractivity contribution < 1.29 is 0 Å². The molecule has 0 unspecified atom stereocenters. The van der Waals surface area contributed by atoms with Crippen LogP contribution in [0.1, 0.15) is 24.3 Å². The maximum absolute atomic E-state index is 5.78. The van der Waals surface area contributed by atoms with E-state index < -0.39 is 0 Å². The molecule has 1 nitrogen and oxygen atoms in total. The van der Waals surface area contributed by atoms with Gasteiger partial charge in [0, 0.05) is 10.4 Å². The Kier molecular flexibility index (Phi) is 1.41. The normalized spacial score (nSPS) is 16.6. The van der Waals surface area contributed by atoms with Crippen LogP contribution in [-0.2, 0) is 0 Å². The second-order valence-electron chi connectivity index (χ2n) is 3.72. The lowest BCUT2D eigenvalue weighted by molar-refractivity contribution is 1.16. The lowest BCUT2D eigenvalue weighted by atomic mass is 10.1. The number of nitrogen functional groups attached to an aromatic ring is 1. The second kappa shape index (κ2) is 2.48. The molecule has 66 valence electrons. The molecule has 1 aliphatic carbocycles. The van der Waals surface area contributed by atoms with E-state index in [0.29, 0.717) is 0 Å². The Hall–Kier alpha value is -1.02. The van der Waals surface area contributed by atoms with Crippen LogP contribution in [0.25, 0.3) is 10.1 Å². The Morgan fingerprint density at radius 3 is 2.92 bits per heavy atom. The Morgan fingerprint density at radius 2 is 2.15 bits per heavy atom. The number of benzene rings is 1. The van der Waals surface area contributed by atoms with E-state index in [4.69, 9.17) is 5.73 Å². The Morgan fingerprint density at radius 1 is 1.31 bits per heavy atom. The molecule has 2 N–H and O–H groups in total. The van der Waals surface area contributed by atoms with E-state index in [-0.39, 0.29) is 0 Å². The highest BCUT2D eigenvalue weighted by Gasteiger charge is 2.25. The van der Waals surface area contributed by atoms with Gasteiger partial charge in [0.05, 0.1) is 0 Å². The van der Waals surface area contributed by atoms with Gasteiger partial charge in [-0.2, -0.15) is 0 Å². The molecule has 1 fully saturated rings. The number of fused-ring (bicyclic) bond motifs is 1. The van der Waals surface area contributed by atoms with Crippen molar-refractivity contribution in [2.24, 2.45) is 0 Å². The predicted octanol–water partition coefficient (Wildman–Crippen LogP) is 3.36. The van der Waals surface area contributed by atoms with E-state index in [1.807, 2.05) is 17.4 Å². The minimum Gasteiger partial charge on any atom is -0.399 e. The third kappa shape index (κ3) is 1.13. The van der Waals surface area contributed by atoms with Gasteiger partial charge in [-0.25, -0.2) is 0 Å². The first-order chi connectivity index (χ1) is 6.34. The highest BCUT2D eigenvalue weighted by atomic mass is 32.1. The zero-order chi connectivity index (χ0) is 8.84. The molecular weight excluding hydrogens is 178 g/mol. The fourth-order valence-corrected chi connectivity index (χ4v) is 2.80. The molecule has 0 atom stereocenters. The van der Waals surface area contributed by atoms with Crippen molar-refractivity contribution in [2.45, 2.75) is 18.8 Å². The largest absolute Gasteiger partial charge is 0.399 e. The minimum absolute atomic E-state index is 0.829. The highest BCUT2D eigenvalue weighted by molar-refractivity contribution is 7.17. The van der Waals surface area contributed by atoms with Crippen molar-refractivity contribution in [3.05, 3.63) is 29.1 Å². The summed E-state index contributed by atoms with van der Waals surface area (Å²) in [6.07, 6.45) is 2.72. The van der Waals surface area contributed by atoms with E-state index >= 15 is 0 Å². The molecular formula is C11H11NS. The zero-order valence-electron chi connectivity index (χ0n) is 7.29. The van der Waals surface area contributed by atoms with Crippen LogP contribution in [0, 0.1) is 0 Å². The molecule has 0 aliphatic heterocycles. The van der Waals surface area contributed by atoms with Crippen LogP contribution >= 0.6 is 11.3 Å². The number of thiophene rings is 1. The quantitative estimate of drug-likeness (QED) is 0.684. The number of anilines is 1. The van der Waals surface area contributed by atoms with Crippen LogP contribution < -0.4 is 5.73 Å². The van der Waals surface area contributed by atoms with Gasteiger partial charge >= 0.3 is 0 Å². The summed E-state index contributed by atoms with van der Waals surface area (Å²) in [6.45, 7) is 0. The van der Waals surface area contributed by atoms with Crippen molar-refractivity contribution in [2.75, 3.05) is 5.73 Å². The van der Waals surface area contributed by atoms with Crippen molar-refractivity contribution in [1.29, 1.82) is 0 Å². The van der Waals surface area contributed by atoms with Gasteiger partial charge in [0.1, 0.15) is 0 Å². The summed E-state index contributed by atoms with van der Waals surface area (Å²) in [6, 6.07) is 6.22. The molecule has 0 spiro atoms. The van der Waals surface area contributed by atoms with Crippen molar-refractivity contribution >= 4 is 27.1 Å². The van der Waals surface area contributed by atoms with Crippen LogP contribution in [0.3, 0.4) is 0 Å². The van der Waals surface area contributed by atoms with Gasteiger partial charge in [-0.05, 0) is 53.3 Å². The summed E-state index contributed by atoms with van der Waals surface area (Å²) < 4.78 is 1.37. The molecule has 0 radical (unpaired) electrons. The first-order valence-electron chi connectivity index (χ1n) is 4.61. The maximum Gasteiger partial charge on any atom is 0.0347 e. The standard InChI is InChI=1S/C11H11NS/c12-8-3-4-11-9(5-8)10(6-13-11)7-1-2-7/h3-7H,1-2,12H2. The first-order valence-corrected chi connectivity index (χ1v) is 5.49. The Labute approximate surface area is 81.2 Å². The fraction of sp³-hybridized carbons (Fsp3) is 0.273. The summed E-state index contributed by atoms with van der Waals surface area (Å²) in [4.78, 5) is 0. The van der Waals surface area contributed by atoms with E-state index in [2.05, 4.69) is 17.5 Å². The van der Waals surface area contributed by atoms with Crippen molar-refractivity contribution in [1.82, 2.24) is 0 Å². The Balaban J connectivity index is 2.29. The smallest absolute Gasteiger partial charge is 0.0347 e. The number of hydrogen-bond acceptors (Lipinski definition) is 2. The van der Waals surface area contributed by atoms with E-state index in [1.54, 1.807) is 0 Å². The summed E-state index contributed by atoms with van der Waals surface area (Å²) >= 11 is 1.84. The van der Waals surface area contributed by atoms with E-state index in [1.165, 1.54) is 28.5 Å². The monoisotopic (exact) mass is 189 g/mol. The Bertz CT molecular complexity index is 454. The van der Waals surface area contributed by atoms with Crippen LogP contribution in [0.4, 0.5) is 5.69 Å². The topological polar surface area (TPSA) is 26.0 Å². The average Bonchev–Trinajstić information content (AvgIpc) is 2.87. The minimum atomic E-state index is 0.829. The number of hydrogen-bond donors (Lipinski definition) is 1. The summed E-state index contributed by atoms with van der Waals surface area (Å²) in [7, 11) is 0. The van der Waals surface area contributed by atoms with Crippen molar-refractivity contribution in [3.63, 3.8) is 0 Å². The van der Waals surface area contributed by atoms with Gasteiger partial charge in [-0.15, -0.1) is 11.3 Å². The molecule has 1 heterocycles. The summed E-state index contributed by atoms with van der Waals surface area (Å²) in [5, 5.41) is 3.68. The molecule has 0 amide bonds. The second-order valence-corrected chi connectivity index (χ2v) is 4.63. The van der Waals surface area contributed by atoms with Gasteiger partial charge < -0.3 is 5.73 Å². The third-order valence-electron chi connectivity index (χ3n) is 2.64. The van der Waals surface area contributed by atoms with Crippen LogP contribution in [0.15, 0.2) is 23.6 Å². The maximum atomic E-state index is 5.78. The summed E-state index contributed by atoms with van der Waals surface area (Å²) in [5.41, 5.74) is 8.18. The molecule has 0 saturated heterocycles. The predicted molar refractivity (Wildman–Crippen MR) is 58.2 cm³/mol. The van der Waals surface area contributed by atoms with Crippen LogP contribution in [0.5, 0.6) is 0 Å². The summed E-state index contributed by atoms with van der Waals surface area (Å²) in [5.74, 6) is 0.829. The van der Waals surface area contributed by atoms with E-state index in [9.17, 15) is 0 Å². The van der Waals surface area contributed by atoms with Crippen LogP contribution in [0.2, 0.25) is 0 Å². The molecule has 1 aromatic carbocycles. The molecule has 2 heteroatoms. The van der Waals surface area contributed by atoms with Gasteiger partial charge in [0.25, 0.3) is 0 Å². The van der Waals surface area contributed by atoms with Crippen LogP contribution in [-0.4, -0.2) is 0 Å². The number of nitrogens with two attached hydrogens (primary N) is 1. The SMILES string of the molecule is Nc1ccc2scc(C3CC3)c2c1. The van der Waals surface area contributed by atoms with Gasteiger partial charge in [0.15, 0.2) is 0 Å². The third-order valence-corrected chi connectivity index (χ3v) is 3.63. The molecule has 1 aromatic heterocycles. The zero-order valence-corrected chi connectivity index (χ0v) is 8.10. The lowest BCUT2D eigenvalue weighted by Crippen LogP contribution is -1.83. The van der Waals surface area contributed by atoms with Crippen molar-refractivity contribution in [3.8, 4) is 0 Å².